The second kappa shape index (κ2) is 5.34. The molecule has 0 saturated heterocycles. The molecule has 2 rings (SSSR count). The number of nitrogens with zero attached hydrogens (tertiary/aromatic N) is 2. The molecule has 0 fully saturated rings. The van der Waals surface area contributed by atoms with Gasteiger partial charge >= 0.3 is 5.69 Å². The number of aryl methyl sites for hydroxylation is 1. The van der Waals surface area contributed by atoms with Gasteiger partial charge in [0.25, 0.3) is 10.0 Å². The number of nitrogen functional groups attached to an aromatic ring is 1. The standard InChI is InChI=1S/C12H13N3O4S2/c1-8-3-5-9(6-4-8)14(2)21(18,19)11-7-10(15(16)17)12(13)20-11/h3-7H,13H2,1-2H3. The lowest BCUT2D eigenvalue weighted by Crippen LogP contribution is -2.25. The summed E-state index contributed by atoms with van der Waals surface area (Å²) >= 11 is 0.682. The highest BCUT2D eigenvalue weighted by Gasteiger charge is 2.28. The van der Waals surface area contributed by atoms with Crippen molar-refractivity contribution in [1.82, 2.24) is 0 Å². The lowest BCUT2D eigenvalue weighted by molar-refractivity contribution is -0.383. The number of rotatable bonds is 4. The quantitative estimate of drug-likeness (QED) is 0.685. The van der Waals surface area contributed by atoms with Crippen LogP contribution in [0.25, 0.3) is 0 Å². The Balaban J connectivity index is 2.44. The van der Waals surface area contributed by atoms with E-state index in [1.165, 1.54) is 7.05 Å². The molecular weight excluding hydrogens is 314 g/mol. The van der Waals surface area contributed by atoms with E-state index in [4.69, 9.17) is 5.73 Å². The zero-order valence-corrected chi connectivity index (χ0v) is 12.9. The largest absolute Gasteiger partial charge is 0.385 e. The van der Waals surface area contributed by atoms with Crippen molar-refractivity contribution < 1.29 is 13.3 Å². The third-order valence-corrected chi connectivity index (χ3v) is 6.11. The Morgan fingerprint density at radius 1 is 1.29 bits per heavy atom. The van der Waals surface area contributed by atoms with Crippen LogP contribution in [0, 0.1) is 17.0 Å². The van der Waals surface area contributed by atoms with Gasteiger partial charge in [-0.05, 0) is 19.1 Å². The third-order valence-electron chi connectivity index (χ3n) is 2.93. The van der Waals surface area contributed by atoms with Crippen molar-refractivity contribution in [3.63, 3.8) is 0 Å². The highest BCUT2D eigenvalue weighted by molar-refractivity contribution is 7.94. The van der Waals surface area contributed by atoms with Gasteiger partial charge in [-0.1, -0.05) is 29.0 Å². The van der Waals surface area contributed by atoms with Gasteiger partial charge in [0.2, 0.25) is 0 Å². The molecule has 0 amide bonds. The van der Waals surface area contributed by atoms with Gasteiger partial charge < -0.3 is 5.73 Å². The van der Waals surface area contributed by atoms with E-state index in [1.54, 1.807) is 24.3 Å². The minimum Gasteiger partial charge on any atom is -0.385 e. The summed E-state index contributed by atoms with van der Waals surface area (Å²) in [4.78, 5) is 10.1. The first-order valence-corrected chi connectivity index (χ1v) is 8.08. The molecule has 1 heterocycles. The fourth-order valence-corrected chi connectivity index (χ4v) is 4.25. The number of hydrogen-bond donors (Lipinski definition) is 1. The van der Waals surface area contributed by atoms with Crippen LogP contribution in [-0.4, -0.2) is 20.4 Å². The summed E-state index contributed by atoms with van der Waals surface area (Å²) < 4.78 is 25.8. The fourth-order valence-electron chi connectivity index (χ4n) is 1.67. The molecule has 112 valence electrons. The lowest BCUT2D eigenvalue weighted by atomic mass is 10.2. The van der Waals surface area contributed by atoms with Crippen LogP contribution < -0.4 is 10.0 Å². The predicted molar refractivity (Wildman–Crippen MR) is 82.2 cm³/mol. The topological polar surface area (TPSA) is 107 Å². The molecular formula is C12H13N3O4S2. The van der Waals surface area contributed by atoms with E-state index in [1.807, 2.05) is 6.92 Å². The molecule has 0 spiro atoms. The van der Waals surface area contributed by atoms with E-state index in [9.17, 15) is 18.5 Å². The van der Waals surface area contributed by atoms with E-state index in [2.05, 4.69) is 0 Å². The van der Waals surface area contributed by atoms with Crippen LogP contribution >= 0.6 is 11.3 Å². The number of hydrogen-bond acceptors (Lipinski definition) is 6. The summed E-state index contributed by atoms with van der Waals surface area (Å²) in [5.74, 6) is 0. The van der Waals surface area contributed by atoms with Crippen LogP contribution in [0.5, 0.6) is 0 Å². The van der Waals surface area contributed by atoms with Crippen molar-refractivity contribution >= 4 is 37.7 Å². The maximum absolute atomic E-state index is 12.5. The molecule has 1 aromatic heterocycles. The second-order valence-corrected chi connectivity index (χ2v) is 7.66. The van der Waals surface area contributed by atoms with Crippen LogP contribution in [0.2, 0.25) is 0 Å². The smallest absolute Gasteiger partial charge is 0.304 e. The van der Waals surface area contributed by atoms with Crippen LogP contribution in [0.1, 0.15) is 5.56 Å². The van der Waals surface area contributed by atoms with Gasteiger partial charge in [-0.25, -0.2) is 8.42 Å². The molecule has 0 radical (unpaired) electrons. The maximum atomic E-state index is 12.5. The summed E-state index contributed by atoms with van der Waals surface area (Å²) in [5, 5.41) is 10.6. The normalized spacial score (nSPS) is 11.3. The summed E-state index contributed by atoms with van der Waals surface area (Å²) in [7, 11) is -2.48. The first-order chi connectivity index (χ1) is 9.73. The van der Waals surface area contributed by atoms with Gasteiger partial charge in [-0.3, -0.25) is 14.4 Å². The van der Waals surface area contributed by atoms with Crippen molar-refractivity contribution in [2.24, 2.45) is 0 Å². The number of nitrogens with two attached hydrogens (primary N) is 1. The number of sulfonamides is 1. The predicted octanol–water partition coefficient (Wildman–Crippen LogP) is 2.37. The van der Waals surface area contributed by atoms with E-state index < -0.39 is 20.6 Å². The Kier molecular flexibility index (Phi) is 3.88. The van der Waals surface area contributed by atoms with Crippen molar-refractivity contribution in [2.45, 2.75) is 11.1 Å². The van der Waals surface area contributed by atoms with Gasteiger partial charge in [0.1, 0.15) is 4.21 Å². The number of benzene rings is 1. The molecule has 0 saturated carbocycles. The molecule has 0 atom stereocenters. The molecule has 2 N–H and O–H groups in total. The van der Waals surface area contributed by atoms with Crippen molar-refractivity contribution in [2.75, 3.05) is 17.1 Å². The highest BCUT2D eigenvalue weighted by Crippen LogP contribution is 2.36. The van der Waals surface area contributed by atoms with Crippen LogP contribution in [0.15, 0.2) is 34.5 Å². The van der Waals surface area contributed by atoms with Crippen molar-refractivity contribution in [3.8, 4) is 0 Å². The third kappa shape index (κ3) is 2.83. The van der Waals surface area contributed by atoms with Gasteiger partial charge in [-0.2, -0.15) is 0 Å². The Bertz CT molecular complexity index is 781. The minimum absolute atomic E-state index is 0.129. The van der Waals surface area contributed by atoms with Gasteiger partial charge in [-0.15, -0.1) is 0 Å². The molecule has 0 aliphatic rings. The Labute approximate surface area is 125 Å². The number of nitro groups is 1. The van der Waals surface area contributed by atoms with E-state index >= 15 is 0 Å². The van der Waals surface area contributed by atoms with E-state index in [0.717, 1.165) is 15.9 Å². The summed E-state index contributed by atoms with van der Waals surface area (Å²) in [6.45, 7) is 1.89. The van der Waals surface area contributed by atoms with Gasteiger partial charge in [0.15, 0.2) is 5.00 Å². The van der Waals surface area contributed by atoms with E-state index in [0.29, 0.717) is 17.0 Å². The average molecular weight is 327 g/mol. The molecule has 1 aromatic carbocycles. The SMILES string of the molecule is Cc1ccc(N(C)S(=O)(=O)c2cc([N+](=O)[O-])c(N)s2)cc1. The first kappa shape index (κ1) is 15.3. The zero-order chi connectivity index (χ0) is 15.8. The van der Waals surface area contributed by atoms with E-state index in [-0.39, 0.29) is 9.21 Å². The van der Waals surface area contributed by atoms with Crippen LogP contribution in [-0.2, 0) is 10.0 Å². The van der Waals surface area contributed by atoms with Crippen LogP contribution in [0.3, 0.4) is 0 Å². The molecule has 9 heteroatoms. The molecule has 21 heavy (non-hydrogen) atoms. The summed E-state index contributed by atoms with van der Waals surface area (Å²) in [6, 6.07) is 7.88. The molecule has 2 aromatic rings. The maximum Gasteiger partial charge on any atom is 0.304 e. The Morgan fingerprint density at radius 2 is 1.86 bits per heavy atom. The first-order valence-electron chi connectivity index (χ1n) is 5.83. The molecule has 7 nitrogen and oxygen atoms in total. The molecule has 0 aliphatic carbocycles. The molecule has 0 unspecified atom stereocenters. The van der Waals surface area contributed by atoms with Crippen LogP contribution in [0.4, 0.5) is 16.4 Å². The lowest BCUT2D eigenvalue weighted by Gasteiger charge is -2.18. The highest BCUT2D eigenvalue weighted by atomic mass is 32.2. The fraction of sp³-hybridized carbons (Fsp3) is 0.167. The van der Waals surface area contributed by atoms with Gasteiger partial charge in [0, 0.05) is 13.1 Å². The number of anilines is 2. The summed E-state index contributed by atoms with van der Waals surface area (Å²) in [6.07, 6.45) is 0. The number of thiophene rings is 1. The zero-order valence-electron chi connectivity index (χ0n) is 11.3. The van der Waals surface area contributed by atoms with Crippen molar-refractivity contribution in [1.29, 1.82) is 0 Å². The monoisotopic (exact) mass is 327 g/mol. The van der Waals surface area contributed by atoms with Crippen molar-refractivity contribution in [3.05, 3.63) is 46.0 Å². The molecule has 0 bridgehead atoms. The average Bonchev–Trinajstić information content (AvgIpc) is 2.82. The summed E-state index contributed by atoms with van der Waals surface area (Å²) in [5.41, 5.74) is 6.57. The Morgan fingerprint density at radius 3 is 2.33 bits per heavy atom. The second-order valence-electron chi connectivity index (χ2n) is 4.38. The van der Waals surface area contributed by atoms with Gasteiger partial charge in [0.05, 0.1) is 10.6 Å². The minimum atomic E-state index is -3.87. The molecule has 0 aliphatic heterocycles. The Hall–Kier alpha value is -2.13.